The molecule has 2 nitrogen and oxygen atoms in total. The topological polar surface area (TPSA) is 26.3 Å². The summed E-state index contributed by atoms with van der Waals surface area (Å²) in [6, 6.07) is 8.47. The van der Waals surface area contributed by atoms with Gasteiger partial charge in [-0.25, -0.2) is 0 Å². The zero-order valence-corrected chi connectivity index (χ0v) is 9.25. The molecular weight excluding hydrogens is 188 g/mol. The van der Waals surface area contributed by atoms with E-state index in [4.69, 9.17) is 4.74 Å². The average Bonchev–Trinajstić information content (AvgIpc) is 3.00. The van der Waals surface area contributed by atoms with Gasteiger partial charge in [0, 0.05) is 5.41 Å². The standard InChI is InChI=1S/C13H16O2/c1-10-3-5-11(6-4-10)13(7-8-13)9-12(14)15-2/h3-6H,7-9H2,1-2H3. The number of carbonyl (C=O) groups is 1. The van der Waals surface area contributed by atoms with E-state index in [1.165, 1.54) is 18.2 Å². The van der Waals surface area contributed by atoms with Gasteiger partial charge in [-0.2, -0.15) is 0 Å². The second-order valence-corrected chi connectivity index (χ2v) is 4.40. The lowest BCUT2D eigenvalue weighted by molar-refractivity contribution is -0.141. The largest absolute Gasteiger partial charge is 0.469 e. The molecule has 80 valence electrons. The van der Waals surface area contributed by atoms with Gasteiger partial charge in [-0.15, -0.1) is 0 Å². The quantitative estimate of drug-likeness (QED) is 0.707. The molecule has 0 spiro atoms. The van der Waals surface area contributed by atoms with Crippen molar-refractivity contribution in [2.75, 3.05) is 7.11 Å². The molecule has 0 atom stereocenters. The first-order chi connectivity index (χ1) is 7.16. The molecule has 0 heterocycles. The molecule has 0 unspecified atom stereocenters. The molecule has 15 heavy (non-hydrogen) atoms. The Morgan fingerprint density at radius 1 is 1.33 bits per heavy atom. The average molecular weight is 204 g/mol. The molecule has 0 aromatic heterocycles. The second-order valence-electron chi connectivity index (χ2n) is 4.40. The third-order valence-electron chi connectivity index (χ3n) is 3.23. The summed E-state index contributed by atoms with van der Waals surface area (Å²) in [5.41, 5.74) is 2.62. The Morgan fingerprint density at radius 3 is 2.40 bits per heavy atom. The van der Waals surface area contributed by atoms with Crippen molar-refractivity contribution in [3.05, 3.63) is 35.4 Å². The Labute approximate surface area is 90.3 Å². The minimum absolute atomic E-state index is 0.0841. The fourth-order valence-corrected chi connectivity index (χ4v) is 1.97. The molecule has 0 saturated heterocycles. The number of methoxy groups -OCH3 is 1. The van der Waals surface area contributed by atoms with Crippen molar-refractivity contribution in [3.8, 4) is 0 Å². The molecule has 2 heteroatoms. The number of rotatable bonds is 3. The predicted octanol–water partition coefficient (Wildman–Crippen LogP) is 2.59. The minimum Gasteiger partial charge on any atom is -0.469 e. The summed E-state index contributed by atoms with van der Waals surface area (Å²) in [5, 5.41) is 0. The van der Waals surface area contributed by atoms with Crippen molar-refractivity contribution in [1.29, 1.82) is 0 Å². The van der Waals surface area contributed by atoms with Gasteiger partial charge in [-0.3, -0.25) is 4.79 Å². The van der Waals surface area contributed by atoms with Gasteiger partial charge in [0.05, 0.1) is 13.5 Å². The molecule has 1 aromatic rings. The van der Waals surface area contributed by atoms with E-state index in [0.717, 1.165) is 12.8 Å². The van der Waals surface area contributed by atoms with Crippen LogP contribution in [0.25, 0.3) is 0 Å². The number of hydrogen-bond acceptors (Lipinski definition) is 2. The lowest BCUT2D eigenvalue weighted by Crippen LogP contribution is -2.14. The Kier molecular flexibility index (Phi) is 2.51. The van der Waals surface area contributed by atoms with Crippen LogP contribution in [0.2, 0.25) is 0 Å². The third kappa shape index (κ3) is 2.04. The zero-order chi connectivity index (χ0) is 10.9. The molecule has 1 saturated carbocycles. The highest BCUT2D eigenvalue weighted by Gasteiger charge is 2.46. The SMILES string of the molecule is COC(=O)CC1(c2ccc(C)cc2)CC1. The van der Waals surface area contributed by atoms with Crippen LogP contribution in [-0.4, -0.2) is 13.1 Å². The van der Waals surface area contributed by atoms with E-state index in [1.807, 2.05) is 0 Å². The summed E-state index contributed by atoms with van der Waals surface area (Å²) in [5.74, 6) is -0.104. The minimum atomic E-state index is -0.104. The van der Waals surface area contributed by atoms with Gasteiger partial charge < -0.3 is 4.74 Å². The second kappa shape index (κ2) is 3.69. The van der Waals surface area contributed by atoms with Crippen LogP contribution in [-0.2, 0) is 14.9 Å². The fraction of sp³-hybridized carbons (Fsp3) is 0.462. The smallest absolute Gasteiger partial charge is 0.306 e. The molecule has 0 bridgehead atoms. The Hall–Kier alpha value is -1.31. The van der Waals surface area contributed by atoms with Crippen molar-refractivity contribution in [3.63, 3.8) is 0 Å². The Morgan fingerprint density at radius 2 is 1.93 bits per heavy atom. The molecule has 0 radical (unpaired) electrons. The normalized spacial score (nSPS) is 17.2. The number of carbonyl (C=O) groups excluding carboxylic acids is 1. The molecule has 0 amide bonds. The van der Waals surface area contributed by atoms with Crippen molar-refractivity contribution < 1.29 is 9.53 Å². The van der Waals surface area contributed by atoms with Gasteiger partial charge in [0.15, 0.2) is 0 Å². The van der Waals surface area contributed by atoms with Gasteiger partial charge in [0.2, 0.25) is 0 Å². The molecule has 1 aromatic carbocycles. The monoisotopic (exact) mass is 204 g/mol. The molecule has 1 fully saturated rings. The van der Waals surface area contributed by atoms with Crippen LogP contribution < -0.4 is 0 Å². The first-order valence-electron chi connectivity index (χ1n) is 5.30. The van der Waals surface area contributed by atoms with E-state index in [2.05, 4.69) is 31.2 Å². The summed E-state index contributed by atoms with van der Waals surface area (Å²) >= 11 is 0. The van der Waals surface area contributed by atoms with Crippen LogP contribution in [0.15, 0.2) is 24.3 Å². The molecule has 0 N–H and O–H groups in total. The number of aryl methyl sites for hydroxylation is 1. The highest BCUT2D eigenvalue weighted by atomic mass is 16.5. The Balaban J connectivity index is 2.16. The van der Waals surface area contributed by atoms with E-state index < -0.39 is 0 Å². The van der Waals surface area contributed by atoms with Gasteiger partial charge in [-0.1, -0.05) is 29.8 Å². The van der Waals surface area contributed by atoms with Crippen LogP contribution in [0, 0.1) is 6.92 Å². The Bertz CT molecular complexity index is 361. The summed E-state index contributed by atoms with van der Waals surface area (Å²) in [6.45, 7) is 2.07. The number of hydrogen-bond donors (Lipinski definition) is 0. The molecule has 0 aliphatic heterocycles. The first-order valence-corrected chi connectivity index (χ1v) is 5.30. The summed E-state index contributed by atoms with van der Waals surface area (Å²) in [6.07, 6.45) is 2.73. The number of ether oxygens (including phenoxy) is 1. The summed E-state index contributed by atoms with van der Waals surface area (Å²) in [4.78, 5) is 11.3. The van der Waals surface area contributed by atoms with E-state index in [-0.39, 0.29) is 11.4 Å². The van der Waals surface area contributed by atoms with Crippen molar-refractivity contribution in [1.82, 2.24) is 0 Å². The van der Waals surface area contributed by atoms with Crippen LogP contribution >= 0.6 is 0 Å². The first kappa shape index (κ1) is 10.2. The van der Waals surface area contributed by atoms with Crippen LogP contribution in [0.5, 0.6) is 0 Å². The van der Waals surface area contributed by atoms with E-state index in [0.29, 0.717) is 6.42 Å². The lowest BCUT2D eigenvalue weighted by Gasteiger charge is -2.14. The van der Waals surface area contributed by atoms with Crippen molar-refractivity contribution in [2.24, 2.45) is 0 Å². The maximum atomic E-state index is 11.3. The maximum absolute atomic E-state index is 11.3. The number of benzene rings is 1. The maximum Gasteiger partial charge on any atom is 0.306 e. The number of esters is 1. The molecular formula is C13H16O2. The van der Waals surface area contributed by atoms with E-state index >= 15 is 0 Å². The zero-order valence-electron chi connectivity index (χ0n) is 9.25. The molecule has 1 aliphatic rings. The predicted molar refractivity (Wildman–Crippen MR) is 58.7 cm³/mol. The summed E-state index contributed by atoms with van der Waals surface area (Å²) in [7, 11) is 1.45. The fourth-order valence-electron chi connectivity index (χ4n) is 1.97. The van der Waals surface area contributed by atoms with Gasteiger partial charge in [0.25, 0.3) is 0 Å². The van der Waals surface area contributed by atoms with Crippen LogP contribution in [0.1, 0.15) is 30.4 Å². The lowest BCUT2D eigenvalue weighted by atomic mass is 9.92. The van der Waals surface area contributed by atoms with Crippen LogP contribution in [0.4, 0.5) is 0 Å². The van der Waals surface area contributed by atoms with Crippen molar-refractivity contribution in [2.45, 2.75) is 31.6 Å². The molecule has 2 rings (SSSR count). The van der Waals surface area contributed by atoms with Crippen LogP contribution in [0.3, 0.4) is 0 Å². The van der Waals surface area contributed by atoms with Gasteiger partial charge >= 0.3 is 5.97 Å². The highest BCUT2D eigenvalue weighted by molar-refractivity contribution is 5.72. The highest BCUT2D eigenvalue weighted by Crippen LogP contribution is 2.51. The summed E-state index contributed by atoms with van der Waals surface area (Å²) < 4.78 is 4.73. The van der Waals surface area contributed by atoms with Crippen molar-refractivity contribution >= 4 is 5.97 Å². The molecule has 1 aliphatic carbocycles. The van der Waals surface area contributed by atoms with Gasteiger partial charge in [-0.05, 0) is 25.3 Å². The third-order valence-corrected chi connectivity index (χ3v) is 3.23. The van der Waals surface area contributed by atoms with Gasteiger partial charge in [0.1, 0.15) is 0 Å². The van der Waals surface area contributed by atoms with E-state index in [1.54, 1.807) is 0 Å². The van der Waals surface area contributed by atoms with E-state index in [9.17, 15) is 4.79 Å².